The molecule has 0 aliphatic carbocycles. The van der Waals surface area contributed by atoms with Gasteiger partial charge in [0.1, 0.15) is 5.75 Å². The molecule has 0 spiro atoms. The maximum absolute atomic E-state index is 12.9. The summed E-state index contributed by atoms with van der Waals surface area (Å²) in [6, 6.07) is 17.0. The first-order valence-corrected chi connectivity index (χ1v) is 10.4. The standard InChI is InChI=1S/C20H26N2O3S/c1-17(2)25-19-8-10-20(11-9-19)26(23,24)22-14-12-21(13-15-22)16-18-6-4-3-5-7-18/h3-11,17H,12-16H2,1-2H3. The van der Waals surface area contributed by atoms with Crippen molar-refractivity contribution >= 4 is 10.0 Å². The Hall–Kier alpha value is -1.89. The largest absolute Gasteiger partial charge is 0.491 e. The minimum absolute atomic E-state index is 0.0650. The monoisotopic (exact) mass is 374 g/mol. The van der Waals surface area contributed by atoms with Gasteiger partial charge in [0, 0.05) is 32.7 Å². The molecule has 1 fully saturated rings. The maximum atomic E-state index is 12.9. The van der Waals surface area contributed by atoms with E-state index >= 15 is 0 Å². The Bertz CT molecular complexity index is 797. The molecule has 5 nitrogen and oxygen atoms in total. The van der Waals surface area contributed by atoms with E-state index < -0.39 is 10.0 Å². The number of sulfonamides is 1. The molecule has 3 rings (SSSR count). The van der Waals surface area contributed by atoms with Crippen LogP contribution in [0.2, 0.25) is 0 Å². The van der Waals surface area contributed by atoms with Crippen molar-refractivity contribution in [3.05, 3.63) is 60.2 Å². The molecule has 0 bridgehead atoms. The highest BCUT2D eigenvalue weighted by molar-refractivity contribution is 7.89. The van der Waals surface area contributed by atoms with Crippen molar-refractivity contribution in [2.45, 2.75) is 31.4 Å². The van der Waals surface area contributed by atoms with E-state index in [9.17, 15) is 8.42 Å². The summed E-state index contributed by atoms with van der Waals surface area (Å²) in [7, 11) is -3.45. The molecular formula is C20H26N2O3S. The number of benzene rings is 2. The van der Waals surface area contributed by atoms with Crippen molar-refractivity contribution in [2.75, 3.05) is 26.2 Å². The molecule has 1 saturated heterocycles. The minimum atomic E-state index is -3.45. The van der Waals surface area contributed by atoms with Crippen LogP contribution in [0.1, 0.15) is 19.4 Å². The summed E-state index contributed by atoms with van der Waals surface area (Å²) in [5, 5.41) is 0. The summed E-state index contributed by atoms with van der Waals surface area (Å²) in [6.07, 6.45) is 0.0650. The van der Waals surface area contributed by atoms with Gasteiger partial charge in [0.2, 0.25) is 10.0 Å². The molecule has 0 saturated carbocycles. The van der Waals surface area contributed by atoms with E-state index in [4.69, 9.17) is 4.74 Å². The van der Waals surface area contributed by atoms with Crippen molar-refractivity contribution in [3.8, 4) is 5.75 Å². The van der Waals surface area contributed by atoms with Crippen LogP contribution in [0.3, 0.4) is 0 Å². The lowest BCUT2D eigenvalue weighted by Gasteiger charge is -2.34. The Labute approximate surface area is 156 Å². The van der Waals surface area contributed by atoms with Crippen molar-refractivity contribution in [1.82, 2.24) is 9.21 Å². The number of rotatable bonds is 6. The Balaban J connectivity index is 1.60. The second-order valence-electron chi connectivity index (χ2n) is 6.80. The molecule has 0 unspecified atom stereocenters. The lowest BCUT2D eigenvalue weighted by atomic mass is 10.2. The van der Waals surface area contributed by atoms with Crippen LogP contribution in [-0.4, -0.2) is 49.9 Å². The number of nitrogens with zero attached hydrogens (tertiary/aromatic N) is 2. The Morgan fingerprint density at radius 3 is 2.12 bits per heavy atom. The molecule has 0 aromatic heterocycles. The molecule has 1 aliphatic heterocycles. The molecule has 2 aromatic carbocycles. The van der Waals surface area contributed by atoms with Crippen molar-refractivity contribution in [2.24, 2.45) is 0 Å². The van der Waals surface area contributed by atoms with Gasteiger partial charge in [-0.25, -0.2) is 8.42 Å². The van der Waals surface area contributed by atoms with Gasteiger partial charge >= 0.3 is 0 Å². The van der Waals surface area contributed by atoms with Crippen LogP contribution in [0, 0.1) is 0 Å². The molecule has 1 aliphatic rings. The zero-order valence-electron chi connectivity index (χ0n) is 15.3. The number of piperazine rings is 1. The number of hydrogen-bond acceptors (Lipinski definition) is 4. The van der Waals surface area contributed by atoms with Crippen LogP contribution >= 0.6 is 0 Å². The normalized spacial score (nSPS) is 16.7. The Morgan fingerprint density at radius 1 is 0.923 bits per heavy atom. The third-order valence-corrected chi connectivity index (χ3v) is 6.33. The second kappa shape index (κ2) is 8.20. The van der Waals surface area contributed by atoms with Gasteiger partial charge in [-0.2, -0.15) is 4.31 Å². The average molecular weight is 375 g/mol. The molecule has 6 heteroatoms. The zero-order chi connectivity index (χ0) is 18.6. The van der Waals surface area contributed by atoms with E-state index in [1.54, 1.807) is 28.6 Å². The van der Waals surface area contributed by atoms with Gasteiger partial charge in [0.25, 0.3) is 0 Å². The van der Waals surface area contributed by atoms with E-state index in [0.29, 0.717) is 23.7 Å². The van der Waals surface area contributed by atoms with Crippen molar-refractivity contribution in [1.29, 1.82) is 0 Å². The van der Waals surface area contributed by atoms with E-state index in [1.807, 2.05) is 32.0 Å². The molecule has 2 aromatic rings. The topological polar surface area (TPSA) is 49.9 Å². The summed E-state index contributed by atoms with van der Waals surface area (Å²) in [5.41, 5.74) is 1.25. The van der Waals surface area contributed by atoms with Crippen LogP contribution in [0.5, 0.6) is 5.75 Å². The lowest BCUT2D eigenvalue weighted by Crippen LogP contribution is -2.48. The van der Waals surface area contributed by atoms with Gasteiger partial charge in [-0.15, -0.1) is 0 Å². The highest BCUT2D eigenvalue weighted by atomic mass is 32.2. The number of ether oxygens (including phenoxy) is 1. The van der Waals surface area contributed by atoms with Gasteiger partial charge in [0.15, 0.2) is 0 Å². The Morgan fingerprint density at radius 2 is 1.54 bits per heavy atom. The lowest BCUT2D eigenvalue weighted by molar-refractivity contribution is 0.181. The molecule has 1 heterocycles. The van der Waals surface area contributed by atoms with Crippen LogP contribution in [0.25, 0.3) is 0 Å². The predicted octanol–water partition coefficient (Wildman–Crippen LogP) is 2.98. The fourth-order valence-electron chi connectivity index (χ4n) is 3.08. The summed E-state index contributed by atoms with van der Waals surface area (Å²) >= 11 is 0. The van der Waals surface area contributed by atoms with Gasteiger partial charge in [0.05, 0.1) is 11.0 Å². The molecule has 0 atom stereocenters. The van der Waals surface area contributed by atoms with Crippen LogP contribution in [0.15, 0.2) is 59.5 Å². The maximum Gasteiger partial charge on any atom is 0.243 e. The Kier molecular flexibility index (Phi) is 5.96. The second-order valence-corrected chi connectivity index (χ2v) is 8.74. The van der Waals surface area contributed by atoms with E-state index in [0.717, 1.165) is 19.6 Å². The first-order valence-electron chi connectivity index (χ1n) is 8.98. The summed E-state index contributed by atoms with van der Waals surface area (Å²) in [6.45, 7) is 7.25. The zero-order valence-corrected chi connectivity index (χ0v) is 16.2. The quantitative estimate of drug-likeness (QED) is 0.780. The summed E-state index contributed by atoms with van der Waals surface area (Å²) in [5.74, 6) is 0.687. The SMILES string of the molecule is CC(C)Oc1ccc(S(=O)(=O)N2CCN(Cc3ccccc3)CC2)cc1. The smallest absolute Gasteiger partial charge is 0.243 e. The van der Waals surface area contributed by atoms with Crippen LogP contribution < -0.4 is 4.74 Å². The van der Waals surface area contributed by atoms with E-state index in [-0.39, 0.29) is 6.10 Å². The van der Waals surface area contributed by atoms with Gasteiger partial charge < -0.3 is 4.74 Å². The first kappa shape index (κ1) is 18.9. The predicted molar refractivity (Wildman–Crippen MR) is 103 cm³/mol. The third kappa shape index (κ3) is 4.63. The summed E-state index contributed by atoms with van der Waals surface area (Å²) < 4.78 is 32.9. The van der Waals surface area contributed by atoms with Crippen molar-refractivity contribution in [3.63, 3.8) is 0 Å². The van der Waals surface area contributed by atoms with E-state index in [1.165, 1.54) is 5.56 Å². The molecule has 26 heavy (non-hydrogen) atoms. The van der Waals surface area contributed by atoms with Gasteiger partial charge in [-0.3, -0.25) is 4.90 Å². The first-order chi connectivity index (χ1) is 12.4. The molecule has 140 valence electrons. The number of hydrogen-bond donors (Lipinski definition) is 0. The molecule has 0 amide bonds. The molecule has 0 N–H and O–H groups in total. The molecule has 0 radical (unpaired) electrons. The fourth-order valence-corrected chi connectivity index (χ4v) is 4.50. The van der Waals surface area contributed by atoms with Crippen molar-refractivity contribution < 1.29 is 13.2 Å². The van der Waals surface area contributed by atoms with Crippen LogP contribution in [0.4, 0.5) is 0 Å². The molecular weight excluding hydrogens is 348 g/mol. The highest BCUT2D eigenvalue weighted by Gasteiger charge is 2.28. The third-order valence-electron chi connectivity index (χ3n) is 4.41. The van der Waals surface area contributed by atoms with Gasteiger partial charge in [-0.1, -0.05) is 30.3 Å². The average Bonchev–Trinajstić information content (AvgIpc) is 2.63. The fraction of sp³-hybridized carbons (Fsp3) is 0.400. The van der Waals surface area contributed by atoms with Gasteiger partial charge in [-0.05, 0) is 43.7 Å². The minimum Gasteiger partial charge on any atom is -0.491 e. The van der Waals surface area contributed by atoms with E-state index in [2.05, 4.69) is 17.0 Å². The highest BCUT2D eigenvalue weighted by Crippen LogP contribution is 2.22. The summed E-state index contributed by atoms with van der Waals surface area (Å²) in [4.78, 5) is 2.62. The van der Waals surface area contributed by atoms with Crippen LogP contribution in [-0.2, 0) is 16.6 Å².